The molecular formula is C26H37N5O8. The minimum atomic E-state index is -1.95. The van der Waals surface area contributed by atoms with E-state index in [0.717, 1.165) is 5.56 Å². The largest absolute Gasteiger partial charge is 0.442 e. The summed E-state index contributed by atoms with van der Waals surface area (Å²) in [7, 11) is 1.41. The number of carbonyl (C=O) groups is 4. The average Bonchev–Trinajstić information content (AvgIpc) is 3.33. The third-order valence-corrected chi connectivity index (χ3v) is 6.34. The minimum Gasteiger partial charge on any atom is -0.442 e. The van der Waals surface area contributed by atoms with Crippen molar-refractivity contribution in [3.63, 3.8) is 0 Å². The Morgan fingerprint density at radius 1 is 0.872 bits per heavy atom. The van der Waals surface area contributed by atoms with E-state index < -0.39 is 60.1 Å². The normalized spacial score (nSPS) is 15.7. The number of carbonyl (C=O) groups excluding carboxylic acids is 4. The lowest BCUT2D eigenvalue weighted by atomic mass is 9.94. The van der Waals surface area contributed by atoms with Crippen LogP contribution >= 0.6 is 0 Å². The highest BCUT2D eigenvalue weighted by molar-refractivity contribution is 5.97. The molecule has 2 rings (SSSR count). The maximum Gasteiger partial charge on any atom is 0.273 e. The molecule has 13 heteroatoms. The molecule has 0 spiro atoms. The molecule has 1 aromatic carbocycles. The van der Waals surface area contributed by atoms with Crippen LogP contribution in [0.25, 0.3) is 0 Å². The number of amides is 4. The molecule has 0 saturated heterocycles. The predicted octanol–water partition coefficient (Wildman–Crippen LogP) is -0.966. The van der Waals surface area contributed by atoms with Crippen LogP contribution in [0.1, 0.15) is 54.9 Å². The summed E-state index contributed by atoms with van der Waals surface area (Å²) in [5.41, 5.74) is -4.53. The van der Waals surface area contributed by atoms with Crippen molar-refractivity contribution in [1.29, 1.82) is 0 Å². The first-order valence-corrected chi connectivity index (χ1v) is 12.3. The second kappa shape index (κ2) is 12.8. The third kappa shape index (κ3) is 7.40. The fourth-order valence-electron chi connectivity index (χ4n) is 3.51. The summed E-state index contributed by atoms with van der Waals surface area (Å²) in [6, 6.07) is 9.24. The van der Waals surface area contributed by atoms with Gasteiger partial charge in [-0.15, -0.1) is 0 Å². The summed E-state index contributed by atoms with van der Waals surface area (Å²) in [4.78, 5) is 55.0. The quantitative estimate of drug-likeness (QED) is 0.165. The first-order chi connectivity index (χ1) is 18.3. The van der Waals surface area contributed by atoms with Crippen LogP contribution in [0.15, 0.2) is 34.7 Å². The van der Waals surface area contributed by atoms with Crippen LogP contribution in [-0.2, 0) is 26.3 Å². The van der Waals surface area contributed by atoms with Crippen molar-refractivity contribution in [2.24, 2.45) is 0 Å². The van der Waals surface area contributed by atoms with Crippen LogP contribution in [0.3, 0.4) is 0 Å². The fourth-order valence-corrected chi connectivity index (χ4v) is 3.51. The standard InChI is InChI=1S/C26H37N5O8/c1-16-19(20(36)27-5)28-23(39-16)26(4,15-34)31-22(38)25(3,14-33)30-21(37)24(2,13-32)29-18(35)12-11-17-9-7-6-8-10-17/h6-10,32-34H,11-15H2,1-5H3,(H,27,36)(H,29,35)(H,30,37)(H,31,38)/t24-,25-,26-/m0/s1. The molecule has 2 aromatic rings. The third-order valence-electron chi connectivity index (χ3n) is 6.34. The van der Waals surface area contributed by atoms with Gasteiger partial charge in [0, 0.05) is 13.5 Å². The molecule has 0 bridgehead atoms. The van der Waals surface area contributed by atoms with Crippen molar-refractivity contribution in [2.45, 2.75) is 57.2 Å². The summed E-state index contributed by atoms with van der Waals surface area (Å²) < 4.78 is 5.52. The maximum atomic E-state index is 13.3. The van der Waals surface area contributed by atoms with Gasteiger partial charge in [0.15, 0.2) is 5.69 Å². The smallest absolute Gasteiger partial charge is 0.273 e. The topological polar surface area (TPSA) is 203 Å². The molecule has 0 saturated carbocycles. The van der Waals surface area contributed by atoms with Gasteiger partial charge in [-0.3, -0.25) is 19.2 Å². The van der Waals surface area contributed by atoms with E-state index in [1.807, 2.05) is 30.3 Å². The van der Waals surface area contributed by atoms with Gasteiger partial charge < -0.3 is 41.0 Å². The van der Waals surface area contributed by atoms with E-state index in [-0.39, 0.29) is 23.8 Å². The van der Waals surface area contributed by atoms with Crippen molar-refractivity contribution in [2.75, 3.05) is 26.9 Å². The second-order valence-electron chi connectivity index (χ2n) is 9.92. The van der Waals surface area contributed by atoms with Gasteiger partial charge in [0.1, 0.15) is 22.4 Å². The number of nitrogens with one attached hydrogen (secondary N) is 4. The highest BCUT2D eigenvalue weighted by Gasteiger charge is 2.45. The lowest BCUT2D eigenvalue weighted by Crippen LogP contribution is -2.68. The summed E-state index contributed by atoms with van der Waals surface area (Å²) in [6.45, 7) is 3.02. The molecule has 0 aliphatic rings. The van der Waals surface area contributed by atoms with Gasteiger partial charge in [-0.05, 0) is 39.7 Å². The molecular weight excluding hydrogens is 510 g/mol. The number of benzene rings is 1. The Hall–Kier alpha value is -3.81. The molecule has 0 unspecified atom stereocenters. The number of nitrogens with zero attached hydrogens (tertiary/aromatic N) is 1. The van der Waals surface area contributed by atoms with E-state index in [4.69, 9.17) is 4.42 Å². The fraction of sp³-hybridized carbons (Fsp3) is 0.500. The number of hydrogen-bond donors (Lipinski definition) is 7. The van der Waals surface area contributed by atoms with Crippen molar-refractivity contribution in [1.82, 2.24) is 26.3 Å². The average molecular weight is 548 g/mol. The van der Waals surface area contributed by atoms with Crippen LogP contribution in [0.2, 0.25) is 0 Å². The van der Waals surface area contributed by atoms with E-state index in [2.05, 4.69) is 26.3 Å². The number of aryl methyl sites for hydroxylation is 2. The Balaban J connectivity index is 2.17. The molecule has 0 aliphatic carbocycles. The van der Waals surface area contributed by atoms with Gasteiger partial charge in [-0.1, -0.05) is 30.3 Å². The van der Waals surface area contributed by atoms with Crippen molar-refractivity contribution < 1.29 is 38.9 Å². The van der Waals surface area contributed by atoms with Crippen LogP contribution in [0.4, 0.5) is 0 Å². The highest BCUT2D eigenvalue weighted by Crippen LogP contribution is 2.24. The number of oxazole rings is 1. The molecule has 3 atom stereocenters. The zero-order chi connectivity index (χ0) is 29.4. The van der Waals surface area contributed by atoms with Gasteiger partial charge in [0.2, 0.25) is 23.6 Å². The van der Waals surface area contributed by atoms with Gasteiger partial charge in [0.05, 0.1) is 19.8 Å². The van der Waals surface area contributed by atoms with Gasteiger partial charge in [-0.25, -0.2) is 4.98 Å². The van der Waals surface area contributed by atoms with Gasteiger partial charge in [-0.2, -0.15) is 0 Å². The van der Waals surface area contributed by atoms with E-state index >= 15 is 0 Å². The maximum absolute atomic E-state index is 13.3. The highest BCUT2D eigenvalue weighted by atomic mass is 16.4. The predicted molar refractivity (Wildman–Crippen MR) is 139 cm³/mol. The van der Waals surface area contributed by atoms with Gasteiger partial charge >= 0.3 is 0 Å². The van der Waals surface area contributed by atoms with Crippen molar-refractivity contribution in [3.8, 4) is 0 Å². The zero-order valence-electron chi connectivity index (χ0n) is 22.8. The number of aliphatic hydroxyl groups excluding tert-OH is 3. The Bertz CT molecular complexity index is 1190. The number of hydrogen-bond acceptors (Lipinski definition) is 9. The Morgan fingerprint density at radius 3 is 1.97 bits per heavy atom. The number of aliphatic hydroxyl groups is 3. The Labute approximate surface area is 226 Å². The molecule has 1 heterocycles. The first-order valence-electron chi connectivity index (χ1n) is 12.3. The number of aromatic nitrogens is 1. The molecule has 0 fully saturated rings. The second-order valence-corrected chi connectivity index (χ2v) is 9.92. The summed E-state index contributed by atoms with van der Waals surface area (Å²) in [5.74, 6) is -2.91. The van der Waals surface area contributed by atoms with E-state index in [1.165, 1.54) is 34.7 Å². The Morgan fingerprint density at radius 2 is 1.44 bits per heavy atom. The molecule has 214 valence electrons. The lowest BCUT2D eigenvalue weighted by molar-refractivity contribution is -0.141. The SMILES string of the molecule is CNC(=O)c1nc([C@](C)(CO)NC(=O)[C@](C)(CO)NC(=O)[C@](C)(CO)NC(=O)CCc2ccccc2)oc1C. The minimum absolute atomic E-state index is 0.0404. The van der Waals surface area contributed by atoms with Crippen molar-refractivity contribution >= 4 is 23.6 Å². The summed E-state index contributed by atoms with van der Waals surface area (Å²) >= 11 is 0. The summed E-state index contributed by atoms with van der Waals surface area (Å²) in [5, 5.41) is 39.8. The van der Waals surface area contributed by atoms with Gasteiger partial charge in [0.25, 0.3) is 5.91 Å². The van der Waals surface area contributed by atoms with E-state index in [1.54, 1.807) is 0 Å². The zero-order valence-corrected chi connectivity index (χ0v) is 22.8. The lowest BCUT2D eigenvalue weighted by Gasteiger charge is -2.36. The molecule has 1 aromatic heterocycles. The molecule has 39 heavy (non-hydrogen) atoms. The Kier molecular flexibility index (Phi) is 10.3. The molecule has 4 amide bonds. The van der Waals surface area contributed by atoms with Crippen molar-refractivity contribution in [3.05, 3.63) is 53.2 Å². The monoisotopic (exact) mass is 547 g/mol. The first kappa shape index (κ1) is 31.4. The van der Waals surface area contributed by atoms with E-state index in [9.17, 15) is 34.5 Å². The summed E-state index contributed by atoms with van der Waals surface area (Å²) in [6.07, 6.45) is 0.460. The molecule has 0 aliphatic heterocycles. The van der Waals surface area contributed by atoms with Crippen LogP contribution in [-0.4, -0.2) is 81.9 Å². The molecule has 7 N–H and O–H groups in total. The van der Waals surface area contributed by atoms with Crippen LogP contribution in [0.5, 0.6) is 0 Å². The molecule has 0 radical (unpaired) electrons. The molecule has 13 nitrogen and oxygen atoms in total. The van der Waals surface area contributed by atoms with E-state index in [0.29, 0.717) is 6.42 Å². The van der Waals surface area contributed by atoms with Crippen LogP contribution in [0, 0.1) is 6.92 Å². The van der Waals surface area contributed by atoms with Crippen LogP contribution < -0.4 is 21.3 Å². The number of rotatable bonds is 13.